The van der Waals surface area contributed by atoms with Crippen LogP contribution in [0.2, 0.25) is 0 Å². The molecule has 0 aliphatic rings. The average Bonchev–Trinajstić information content (AvgIpc) is 3.25. The predicted octanol–water partition coefficient (Wildman–Crippen LogP) is 3.25. The monoisotopic (exact) mass is 414 g/mol. The second-order valence-electron chi connectivity index (χ2n) is 6.17. The highest BCUT2D eigenvalue weighted by Gasteiger charge is 2.15. The number of halogens is 1. The van der Waals surface area contributed by atoms with Crippen molar-refractivity contribution in [2.24, 2.45) is 0 Å². The van der Waals surface area contributed by atoms with E-state index in [1.54, 1.807) is 12.1 Å². The maximum Gasteiger partial charge on any atom is 0.306 e. The van der Waals surface area contributed by atoms with Gasteiger partial charge in [0.25, 0.3) is 0 Å². The van der Waals surface area contributed by atoms with Gasteiger partial charge in [-0.25, -0.2) is 4.39 Å². The number of carbonyl (C=O) groups excluding carboxylic acids is 2. The summed E-state index contributed by atoms with van der Waals surface area (Å²) >= 11 is 0. The summed E-state index contributed by atoms with van der Waals surface area (Å²) in [4.78, 5) is 28.3. The summed E-state index contributed by atoms with van der Waals surface area (Å²) in [6.07, 6.45) is 0.113. The fourth-order valence-electron chi connectivity index (χ4n) is 2.59. The van der Waals surface area contributed by atoms with Crippen LogP contribution in [0.4, 0.5) is 4.39 Å². The highest BCUT2D eigenvalue weighted by Crippen LogP contribution is 2.27. The number of carbonyl (C=O) groups is 2. The lowest BCUT2D eigenvalue weighted by Gasteiger charge is -2.09. The van der Waals surface area contributed by atoms with Gasteiger partial charge in [0.05, 0.1) is 20.6 Å². The van der Waals surface area contributed by atoms with E-state index in [9.17, 15) is 14.0 Å². The Morgan fingerprint density at radius 2 is 1.77 bits per heavy atom. The number of ketones is 1. The Kier molecular flexibility index (Phi) is 6.74. The minimum Gasteiger partial charge on any atom is -0.493 e. The van der Waals surface area contributed by atoms with Crippen molar-refractivity contribution < 1.29 is 32.7 Å². The van der Waals surface area contributed by atoms with Crippen LogP contribution in [-0.2, 0) is 16.0 Å². The highest BCUT2D eigenvalue weighted by atomic mass is 19.1. The summed E-state index contributed by atoms with van der Waals surface area (Å²) in [6.45, 7) is -0.404. The van der Waals surface area contributed by atoms with E-state index in [1.807, 2.05) is 0 Å². The minimum absolute atomic E-state index is 0.0374. The first-order valence-electron chi connectivity index (χ1n) is 8.99. The van der Waals surface area contributed by atoms with Crippen molar-refractivity contribution in [3.8, 4) is 22.9 Å². The van der Waals surface area contributed by atoms with Gasteiger partial charge in [0.1, 0.15) is 5.82 Å². The number of aromatic nitrogens is 2. The van der Waals surface area contributed by atoms with E-state index in [4.69, 9.17) is 18.7 Å². The van der Waals surface area contributed by atoms with E-state index >= 15 is 0 Å². The van der Waals surface area contributed by atoms with E-state index in [0.717, 1.165) is 0 Å². The molecule has 0 spiro atoms. The van der Waals surface area contributed by atoms with Gasteiger partial charge in [-0.2, -0.15) is 4.98 Å². The molecule has 0 aliphatic heterocycles. The fourth-order valence-corrected chi connectivity index (χ4v) is 2.59. The second kappa shape index (κ2) is 9.64. The molecule has 0 saturated heterocycles. The number of Topliss-reactive ketones (excluding diaryl/α,β-unsaturated/α-hetero) is 1. The molecule has 1 aromatic heterocycles. The minimum atomic E-state index is -0.578. The van der Waals surface area contributed by atoms with Crippen molar-refractivity contribution in [2.45, 2.75) is 12.8 Å². The Morgan fingerprint density at radius 3 is 2.47 bits per heavy atom. The summed E-state index contributed by atoms with van der Waals surface area (Å²) in [6, 6.07) is 10.3. The fraction of sp³-hybridized carbons (Fsp3) is 0.238. The number of methoxy groups -OCH3 is 2. The van der Waals surface area contributed by atoms with Crippen LogP contribution in [-0.4, -0.2) is 42.7 Å². The molecule has 1 heterocycles. The number of nitrogens with zero attached hydrogens (tertiary/aromatic N) is 2. The van der Waals surface area contributed by atoms with Crippen LogP contribution in [0.3, 0.4) is 0 Å². The number of aryl methyl sites for hydroxylation is 1. The molecule has 3 rings (SSSR count). The molecule has 0 bridgehead atoms. The molecule has 0 saturated carbocycles. The van der Waals surface area contributed by atoms with E-state index in [0.29, 0.717) is 28.5 Å². The Labute approximate surface area is 171 Å². The summed E-state index contributed by atoms with van der Waals surface area (Å²) in [5.41, 5.74) is 0.927. The summed E-state index contributed by atoms with van der Waals surface area (Å²) in [5.74, 6) is 0.104. The molecule has 30 heavy (non-hydrogen) atoms. The molecule has 156 valence electrons. The summed E-state index contributed by atoms with van der Waals surface area (Å²) in [5, 5.41) is 3.80. The molecule has 0 atom stereocenters. The zero-order valence-corrected chi connectivity index (χ0v) is 16.4. The largest absolute Gasteiger partial charge is 0.493 e. The molecule has 2 aromatic carbocycles. The number of hydrogen-bond acceptors (Lipinski definition) is 8. The van der Waals surface area contributed by atoms with Crippen LogP contribution in [0.5, 0.6) is 11.5 Å². The Balaban J connectivity index is 1.49. The summed E-state index contributed by atoms with van der Waals surface area (Å²) in [7, 11) is 2.96. The zero-order chi connectivity index (χ0) is 21.5. The first kappa shape index (κ1) is 21.0. The summed E-state index contributed by atoms with van der Waals surface area (Å²) < 4.78 is 33.4. The molecule has 0 amide bonds. The van der Waals surface area contributed by atoms with Crippen LogP contribution in [0, 0.1) is 5.82 Å². The molecular weight excluding hydrogens is 395 g/mol. The van der Waals surface area contributed by atoms with Crippen molar-refractivity contribution >= 4 is 11.8 Å². The molecule has 9 heteroatoms. The molecule has 0 N–H and O–H groups in total. The Bertz CT molecular complexity index is 1030. The normalized spacial score (nSPS) is 10.5. The Morgan fingerprint density at radius 1 is 1.03 bits per heavy atom. The van der Waals surface area contributed by atoms with Crippen LogP contribution >= 0.6 is 0 Å². The van der Waals surface area contributed by atoms with E-state index < -0.39 is 12.6 Å². The molecular formula is C21H19FN2O6. The van der Waals surface area contributed by atoms with Crippen LogP contribution in [0.25, 0.3) is 11.4 Å². The number of benzene rings is 2. The van der Waals surface area contributed by atoms with Crippen LogP contribution in [0.15, 0.2) is 47.0 Å². The van der Waals surface area contributed by atoms with Crippen molar-refractivity contribution in [2.75, 3.05) is 20.8 Å². The average molecular weight is 414 g/mol. The zero-order valence-electron chi connectivity index (χ0n) is 16.4. The van der Waals surface area contributed by atoms with Gasteiger partial charge in [-0.1, -0.05) is 5.16 Å². The Hall–Kier alpha value is -3.75. The first-order valence-corrected chi connectivity index (χ1v) is 8.99. The van der Waals surface area contributed by atoms with Crippen LogP contribution < -0.4 is 9.47 Å². The second-order valence-corrected chi connectivity index (χ2v) is 6.17. The third-order valence-electron chi connectivity index (χ3n) is 4.18. The van der Waals surface area contributed by atoms with Crippen molar-refractivity contribution in [1.82, 2.24) is 10.1 Å². The number of ether oxygens (including phenoxy) is 3. The van der Waals surface area contributed by atoms with Gasteiger partial charge in [-0.3, -0.25) is 9.59 Å². The lowest BCUT2D eigenvalue weighted by Crippen LogP contribution is -2.14. The predicted molar refractivity (Wildman–Crippen MR) is 103 cm³/mol. The third kappa shape index (κ3) is 5.19. The van der Waals surface area contributed by atoms with Crippen molar-refractivity contribution in [3.63, 3.8) is 0 Å². The quantitative estimate of drug-likeness (QED) is 0.389. The van der Waals surface area contributed by atoms with Gasteiger partial charge < -0.3 is 18.7 Å². The van der Waals surface area contributed by atoms with Gasteiger partial charge in [-0.15, -0.1) is 0 Å². The standard InChI is InChI=1S/C21H19FN2O6/c1-27-17-8-5-14(11-18(17)28-2)16(25)12-29-20(26)10-9-19-23-21(24-30-19)13-3-6-15(22)7-4-13/h3-8,11H,9-10,12H2,1-2H3. The number of esters is 1. The smallest absolute Gasteiger partial charge is 0.306 e. The van der Waals surface area contributed by atoms with Crippen molar-refractivity contribution in [1.29, 1.82) is 0 Å². The first-order chi connectivity index (χ1) is 14.5. The topological polar surface area (TPSA) is 101 Å². The molecule has 0 aliphatic carbocycles. The van der Waals surface area contributed by atoms with Crippen molar-refractivity contribution in [3.05, 3.63) is 59.7 Å². The van der Waals surface area contributed by atoms with E-state index in [1.165, 1.54) is 44.6 Å². The van der Waals surface area contributed by atoms with Gasteiger partial charge >= 0.3 is 5.97 Å². The SMILES string of the molecule is COc1ccc(C(=O)COC(=O)CCc2nc(-c3ccc(F)cc3)no2)cc1OC. The van der Waals surface area contributed by atoms with Gasteiger partial charge in [-0.05, 0) is 42.5 Å². The molecule has 3 aromatic rings. The third-order valence-corrected chi connectivity index (χ3v) is 4.18. The lowest BCUT2D eigenvalue weighted by atomic mass is 10.1. The maximum atomic E-state index is 13.0. The van der Waals surface area contributed by atoms with E-state index in [-0.39, 0.29) is 30.3 Å². The molecule has 0 radical (unpaired) electrons. The van der Waals surface area contributed by atoms with Gasteiger partial charge in [0, 0.05) is 17.5 Å². The number of rotatable bonds is 9. The highest BCUT2D eigenvalue weighted by molar-refractivity contribution is 5.98. The molecule has 0 unspecified atom stereocenters. The van der Waals surface area contributed by atoms with Crippen LogP contribution in [0.1, 0.15) is 22.7 Å². The number of hydrogen-bond donors (Lipinski definition) is 0. The van der Waals surface area contributed by atoms with Gasteiger partial charge in [0.15, 0.2) is 23.9 Å². The van der Waals surface area contributed by atoms with E-state index in [2.05, 4.69) is 10.1 Å². The lowest BCUT2D eigenvalue weighted by molar-refractivity contribution is -0.142. The molecule has 0 fully saturated rings. The molecule has 8 nitrogen and oxygen atoms in total. The van der Waals surface area contributed by atoms with Gasteiger partial charge in [0.2, 0.25) is 11.7 Å². The maximum absolute atomic E-state index is 13.0.